The van der Waals surface area contributed by atoms with Crippen LogP contribution in [0.2, 0.25) is 0 Å². The Morgan fingerprint density at radius 3 is 2.63 bits per heavy atom. The number of aryl methyl sites for hydroxylation is 1. The zero-order valence-corrected chi connectivity index (χ0v) is 12.1. The van der Waals surface area contributed by atoms with Crippen LogP contribution < -0.4 is 5.32 Å². The summed E-state index contributed by atoms with van der Waals surface area (Å²) < 4.78 is 1.78. The Morgan fingerprint density at radius 2 is 2.00 bits per heavy atom. The minimum absolute atomic E-state index is 0.731. The van der Waals surface area contributed by atoms with Crippen LogP contribution in [0.15, 0.2) is 6.33 Å². The van der Waals surface area contributed by atoms with Crippen molar-refractivity contribution in [1.29, 1.82) is 0 Å². The van der Waals surface area contributed by atoms with Gasteiger partial charge in [0.2, 0.25) is 0 Å². The Labute approximate surface area is 116 Å². The third-order valence-electron chi connectivity index (χ3n) is 5.14. The Balaban J connectivity index is 1.38. The first-order chi connectivity index (χ1) is 9.26. The molecule has 0 amide bonds. The Bertz CT molecular complexity index is 396. The first kappa shape index (κ1) is 13.1. The van der Waals surface area contributed by atoms with Crippen molar-refractivity contribution in [2.75, 3.05) is 6.54 Å². The van der Waals surface area contributed by atoms with E-state index in [4.69, 9.17) is 0 Å². The fourth-order valence-electron chi connectivity index (χ4n) is 3.95. The van der Waals surface area contributed by atoms with Crippen LogP contribution in [0, 0.1) is 5.41 Å². The zero-order valence-electron chi connectivity index (χ0n) is 12.1. The highest BCUT2D eigenvalue weighted by Crippen LogP contribution is 2.48. The van der Waals surface area contributed by atoms with Crippen LogP contribution >= 0.6 is 0 Å². The predicted octanol–water partition coefficient (Wildman–Crippen LogP) is 2.45. The van der Waals surface area contributed by atoms with Crippen LogP contribution in [0.5, 0.6) is 0 Å². The maximum atomic E-state index is 4.32. The molecule has 0 aliphatic heterocycles. The smallest absolute Gasteiger partial charge is 0.151 e. The maximum absolute atomic E-state index is 4.32. The summed E-state index contributed by atoms with van der Waals surface area (Å²) in [5, 5.41) is 8.01. The first-order valence-corrected chi connectivity index (χ1v) is 7.84. The van der Waals surface area contributed by atoms with Crippen molar-refractivity contribution in [3.05, 3.63) is 12.2 Å². The van der Waals surface area contributed by atoms with Gasteiger partial charge in [-0.3, -0.25) is 4.68 Å². The van der Waals surface area contributed by atoms with Crippen LogP contribution in [0.4, 0.5) is 0 Å². The summed E-state index contributed by atoms with van der Waals surface area (Å²) in [5.74, 6) is 0.957. The second kappa shape index (κ2) is 5.61. The lowest BCUT2D eigenvalue weighted by atomic mass is 9.71. The molecule has 0 atom stereocenters. The number of rotatable bonds is 4. The molecule has 1 spiro atoms. The van der Waals surface area contributed by atoms with Crippen molar-refractivity contribution >= 4 is 0 Å². The molecule has 4 heteroatoms. The first-order valence-electron chi connectivity index (χ1n) is 7.84. The van der Waals surface area contributed by atoms with E-state index in [0.29, 0.717) is 0 Å². The van der Waals surface area contributed by atoms with Gasteiger partial charge >= 0.3 is 0 Å². The standard InChI is InChI=1S/C15H26N4/c1-19-12-17-14(18-19)6-11-16-13-4-9-15(10-5-13)7-2-3-8-15/h12-13,16H,2-11H2,1H3. The molecule has 2 fully saturated rings. The lowest BCUT2D eigenvalue weighted by Gasteiger charge is -2.37. The molecule has 1 aromatic rings. The van der Waals surface area contributed by atoms with Gasteiger partial charge in [0.25, 0.3) is 0 Å². The zero-order chi connectivity index (χ0) is 13.1. The number of hydrogen-bond donors (Lipinski definition) is 1. The van der Waals surface area contributed by atoms with E-state index in [2.05, 4.69) is 15.4 Å². The van der Waals surface area contributed by atoms with E-state index in [0.717, 1.165) is 30.2 Å². The quantitative estimate of drug-likeness (QED) is 0.906. The molecule has 0 bridgehead atoms. The van der Waals surface area contributed by atoms with Gasteiger partial charge in [-0.1, -0.05) is 12.8 Å². The van der Waals surface area contributed by atoms with E-state index in [1.54, 1.807) is 11.0 Å². The number of nitrogens with one attached hydrogen (secondary N) is 1. The van der Waals surface area contributed by atoms with Crippen LogP contribution in [-0.4, -0.2) is 27.4 Å². The van der Waals surface area contributed by atoms with Crippen molar-refractivity contribution < 1.29 is 0 Å². The van der Waals surface area contributed by atoms with Gasteiger partial charge in [-0.05, 0) is 43.9 Å². The van der Waals surface area contributed by atoms with Gasteiger partial charge in [-0.15, -0.1) is 0 Å². The number of hydrogen-bond acceptors (Lipinski definition) is 3. The molecule has 1 N–H and O–H groups in total. The highest BCUT2D eigenvalue weighted by molar-refractivity contribution is 4.91. The molecule has 0 aromatic carbocycles. The highest BCUT2D eigenvalue weighted by Gasteiger charge is 2.37. The van der Waals surface area contributed by atoms with E-state index >= 15 is 0 Å². The Morgan fingerprint density at radius 1 is 1.26 bits per heavy atom. The minimum Gasteiger partial charge on any atom is -0.314 e. The number of nitrogens with zero attached hydrogens (tertiary/aromatic N) is 3. The van der Waals surface area contributed by atoms with E-state index in [1.807, 2.05) is 7.05 Å². The average Bonchev–Trinajstić information content (AvgIpc) is 3.02. The van der Waals surface area contributed by atoms with Crippen LogP contribution in [0.3, 0.4) is 0 Å². The summed E-state index contributed by atoms with van der Waals surface area (Å²) >= 11 is 0. The second-order valence-corrected chi connectivity index (χ2v) is 6.52. The molecule has 0 saturated heterocycles. The molecule has 0 radical (unpaired) electrons. The average molecular weight is 262 g/mol. The normalized spacial score (nSPS) is 23.2. The molecule has 2 saturated carbocycles. The van der Waals surface area contributed by atoms with Crippen LogP contribution in [0.25, 0.3) is 0 Å². The van der Waals surface area contributed by atoms with Crippen LogP contribution in [-0.2, 0) is 13.5 Å². The SMILES string of the molecule is Cn1cnc(CCNC2CCC3(CCCC3)CC2)n1. The van der Waals surface area contributed by atoms with Crippen LogP contribution in [0.1, 0.15) is 57.2 Å². The van der Waals surface area contributed by atoms with Gasteiger partial charge in [0.05, 0.1) is 0 Å². The van der Waals surface area contributed by atoms with Crippen molar-refractivity contribution in [2.24, 2.45) is 12.5 Å². The molecule has 0 unspecified atom stereocenters. The van der Waals surface area contributed by atoms with Gasteiger partial charge < -0.3 is 5.32 Å². The second-order valence-electron chi connectivity index (χ2n) is 6.52. The van der Waals surface area contributed by atoms with Gasteiger partial charge in [0.15, 0.2) is 5.82 Å². The molecule has 3 rings (SSSR count). The molecule has 1 heterocycles. The molecule has 1 aromatic heterocycles. The summed E-state index contributed by atoms with van der Waals surface area (Å²) in [4.78, 5) is 4.27. The summed E-state index contributed by atoms with van der Waals surface area (Å²) in [5.41, 5.74) is 0.751. The molecule has 4 nitrogen and oxygen atoms in total. The van der Waals surface area contributed by atoms with Crippen molar-refractivity contribution in [1.82, 2.24) is 20.1 Å². The van der Waals surface area contributed by atoms with Crippen molar-refractivity contribution in [3.63, 3.8) is 0 Å². The van der Waals surface area contributed by atoms with Gasteiger partial charge in [0.1, 0.15) is 6.33 Å². The monoisotopic (exact) mass is 262 g/mol. The third kappa shape index (κ3) is 3.16. The lowest BCUT2D eigenvalue weighted by Crippen LogP contribution is -2.37. The van der Waals surface area contributed by atoms with Gasteiger partial charge in [0, 0.05) is 26.1 Å². The summed E-state index contributed by atoms with van der Waals surface area (Å²) in [6.45, 7) is 1.02. The summed E-state index contributed by atoms with van der Waals surface area (Å²) in [6, 6.07) is 0.731. The molecule has 2 aliphatic carbocycles. The molecule has 19 heavy (non-hydrogen) atoms. The fourth-order valence-corrected chi connectivity index (χ4v) is 3.95. The molecule has 106 valence electrons. The number of aromatic nitrogens is 3. The lowest BCUT2D eigenvalue weighted by molar-refractivity contribution is 0.169. The summed E-state index contributed by atoms with van der Waals surface area (Å²) in [6.07, 6.45) is 14.3. The molecular formula is C15H26N4. The van der Waals surface area contributed by atoms with E-state index < -0.39 is 0 Å². The Kier molecular flexibility index (Phi) is 3.87. The largest absolute Gasteiger partial charge is 0.314 e. The fraction of sp³-hybridized carbons (Fsp3) is 0.867. The maximum Gasteiger partial charge on any atom is 0.151 e. The van der Waals surface area contributed by atoms with Crippen molar-refractivity contribution in [3.8, 4) is 0 Å². The predicted molar refractivity (Wildman–Crippen MR) is 75.9 cm³/mol. The highest BCUT2D eigenvalue weighted by atomic mass is 15.3. The topological polar surface area (TPSA) is 42.7 Å². The Hall–Kier alpha value is -0.900. The minimum atomic E-state index is 0.731. The summed E-state index contributed by atoms with van der Waals surface area (Å²) in [7, 11) is 1.92. The van der Waals surface area contributed by atoms with E-state index in [1.165, 1.54) is 51.4 Å². The van der Waals surface area contributed by atoms with Crippen molar-refractivity contribution in [2.45, 2.75) is 63.8 Å². The molecular weight excluding hydrogens is 236 g/mol. The van der Waals surface area contributed by atoms with Gasteiger partial charge in [-0.2, -0.15) is 5.10 Å². The molecule has 2 aliphatic rings. The van der Waals surface area contributed by atoms with E-state index in [9.17, 15) is 0 Å². The third-order valence-corrected chi connectivity index (χ3v) is 5.14. The van der Waals surface area contributed by atoms with Gasteiger partial charge in [-0.25, -0.2) is 4.98 Å². The van der Waals surface area contributed by atoms with E-state index in [-0.39, 0.29) is 0 Å².